The first kappa shape index (κ1) is 18.5. The Morgan fingerprint density at radius 1 is 1.26 bits per heavy atom. The lowest BCUT2D eigenvalue weighted by Gasteiger charge is -2.41. The number of benzene rings is 2. The van der Waals surface area contributed by atoms with E-state index in [1.807, 2.05) is 25.1 Å². The van der Waals surface area contributed by atoms with Crippen LogP contribution >= 0.6 is 22.6 Å². The molecule has 3 aromatic rings. The molecule has 2 aromatic carbocycles. The molecule has 1 aliphatic rings. The molecule has 0 saturated carbocycles. The molecule has 140 valence electrons. The summed E-state index contributed by atoms with van der Waals surface area (Å²) in [6.07, 6.45) is 0.823. The number of hydrogen-bond donors (Lipinski definition) is 2. The van der Waals surface area contributed by atoms with E-state index in [1.165, 1.54) is 16.5 Å². The van der Waals surface area contributed by atoms with Gasteiger partial charge in [-0.3, -0.25) is 4.79 Å². The summed E-state index contributed by atoms with van der Waals surface area (Å²) in [5.41, 5.74) is 3.60. The van der Waals surface area contributed by atoms with Crippen LogP contribution in [0.1, 0.15) is 36.1 Å². The lowest BCUT2D eigenvalue weighted by molar-refractivity contribution is -0.148. The summed E-state index contributed by atoms with van der Waals surface area (Å²) >= 11 is 2.29. The maximum Gasteiger partial charge on any atom is 0.306 e. The van der Waals surface area contributed by atoms with E-state index >= 15 is 0 Å². The molecule has 5 heteroatoms. The second-order valence-corrected chi connectivity index (χ2v) is 9.10. The number of nitrogens with one attached hydrogen (secondary N) is 1. The van der Waals surface area contributed by atoms with Crippen LogP contribution in [0.25, 0.3) is 10.9 Å². The first-order valence-electron chi connectivity index (χ1n) is 9.16. The fourth-order valence-electron chi connectivity index (χ4n) is 4.20. The normalized spacial score (nSPS) is 23.1. The number of H-pyrrole nitrogens is 1. The van der Waals surface area contributed by atoms with Crippen LogP contribution in [0.2, 0.25) is 0 Å². The molecule has 0 amide bonds. The van der Waals surface area contributed by atoms with Gasteiger partial charge in [0.15, 0.2) is 0 Å². The first-order valence-corrected chi connectivity index (χ1v) is 10.4. The standard InChI is InChI=1S/C22H22INO3/c1-14(23)22(12-19(25)26)21-20(17-9-5-6-10-18(17)24-21)16(13-27-22)11-15-7-3-2-4-8-15/h2-10,14,16,24H,11-13H2,1H3,(H,25,26). The number of aromatic amines is 1. The second-order valence-electron chi connectivity index (χ2n) is 7.23. The Bertz CT molecular complexity index is 966. The van der Waals surface area contributed by atoms with Gasteiger partial charge in [0, 0.05) is 20.7 Å². The number of rotatable bonds is 5. The average molecular weight is 475 g/mol. The van der Waals surface area contributed by atoms with E-state index in [-0.39, 0.29) is 16.3 Å². The minimum absolute atomic E-state index is 0.00990. The van der Waals surface area contributed by atoms with Crippen LogP contribution < -0.4 is 0 Å². The topological polar surface area (TPSA) is 62.3 Å². The van der Waals surface area contributed by atoms with Gasteiger partial charge in [0.1, 0.15) is 5.60 Å². The predicted octanol–water partition coefficient (Wildman–Crippen LogP) is 5.02. The van der Waals surface area contributed by atoms with E-state index in [9.17, 15) is 9.90 Å². The average Bonchev–Trinajstić information content (AvgIpc) is 3.05. The summed E-state index contributed by atoms with van der Waals surface area (Å²) < 4.78 is 6.37. The van der Waals surface area contributed by atoms with E-state index < -0.39 is 11.6 Å². The van der Waals surface area contributed by atoms with Gasteiger partial charge in [-0.25, -0.2) is 0 Å². The lowest BCUT2D eigenvalue weighted by atomic mass is 9.80. The zero-order valence-corrected chi connectivity index (χ0v) is 17.3. The smallest absolute Gasteiger partial charge is 0.306 e. The number of aromatic nitrogens is 1. The molecule has 3 unspecified atom stereocenters. The van der Waals surface area contributed by atoms with Crippen molar-refractivity contribution in [1.29, 1.82) is 0 Å². The van der Waals surface area contributed by atoms with Gasteiger partial charge in [-0.2, -0.15) is 0 Å². The molecule has 3 atom stereocenters. The van der Waals surface area contributed by atoms with Crippen molar-refractivity contribution in [2.24, 2.45) is 0 Å². The number of aliphatic carboxylic acids is 1. The Morgan fingerprint density at radius 3 is 2.67 bits per heavy atom. The Kier molecular flexibility index (Phi) is 4.99. The van der Waals surface area contributed by atoms with E-state index in [1.54, 1.807) is 0 Å². The van der Waals surface area contributed by atoms with Gasteiger partial charge in [0.2, 0.25) is 0 Å². The number of para-hydroxylation sites is 1. The van der Waals surface area contributed by atoms with Gasteiger partial charge in [0.05, 0.1) is 18.7 Å². The van der Waals surface area contributed by atoms with Crippen LogP contribution in [0, 0.1) is 0 Å². The van der Waals surface area contributed by atoms with Crippen molar-refractivity contribution in [2.75, 3.05) is 6.61 Å². The summed E-state index contributed by atoms with van der Waals surface area (Å²) in [7, 11) is 0. The maximum absolute atomic E-state index is 11.7. The zero-order valence-electron chi connectivity index (χ0n) is 15.1. The van der Waals surface area contributed by atoms with Crippen LogP contribution in [-0.4, -0.2) is 26.6 Å². The van der Waals surface area contributed by atoms with Crippen LogP contribution in [-0.2, 0) is 21.6 Å². The molecule has 2 N–H and O–H groups in total. The highest BCUT2D eigenvalue weighted by Crippen LogP contribution is 2.48. The molecular formula is C22H22INO3. The van der Waals surface area contributed by atoms with Crippen molar-refractivity contribution in [3.8, 4) is 0 Å². The summed E-state index contributed by atoms with van der Waals surface area (Å²) in [5, 5.41) is 10.8. The van der Waals surface area contributed by atoms with Crippen molar-refractivity contribution < 1.29 is 14.6 Å². The lowest BCUT2D eigenvalue weighted by Crippen LogP contribution is -2.45. The molecule has 4 nitrogen and oxygen atoms in total. The minimum atomic E-state index is -0.843. The number of carbonyl (C=O) groups is 1. The number of alkyl halides is 1. The zero-order chi connectivity index (χ0) is 19.0. The van der Waals surface area contributed by atoms with Gasteiger partial charge < -0.3 is 14.8 Å². The minimum Gasteiger partial charge on any atom is -0.481 e. The van der Waals surface area contributed by atoms with Crippen molar-refractivity contribution in [3.05, 3.63) is 71.4 Å². The number of carboxylic acids is 1. The van der Waals surface area contributed by atoms with Crippen LogP contribution in [0.15, 0.2) is 54.6 Å². The third-order valence-electron chi connectivity index (χ3n) is 5.50. The second kappa shape index (κ2) is 7.28. The quantitative estimate of drug-likeness (QED) is 0.403. The molecule has 4 rings (SSSR count). The van der Waals surface area contributed by atoms with Crippen LogP contribution in [0.3, 0.4) is 0 Å². The van der Waals surface area contributed by atoms with Gasteiger partial charge in [-0.1, -0.05) is 78.0 Å². The van der Waals surface area contributed by atoms with Crippen LogP contribution in [0.5, 0.6) is 0 Å². The molecule has 27 heavy (non-hydrogen) atoms. The molecule has 1 aromatic heterocycles. The Labute approximate surface area is 172 Å². The fraction of sp³-hybridized carbons (Fsp3) is 0.318. The summed E-state index contributed by atoms with van der Waals surface area (Å²) in [6, 6.07) is 18.6. The number of carboxylic acid groups (broad SMARTS) is 1. The Hall–Kier alpha value is -1.86. The van der Waals surface area contributed by atoms with Crippen molar-refractivity contribution in [3.63, 3.8) is 0 Å². The summed E-state index contributed by atoms with van der Waals surface area (Å²) in [4.78, 5) is 15.2. The van der Waals surface area contributed by atoms with Crippen molar-refractivity contribution in [1.82, 2.24) is 4.98 Å². The van der Waals surface area contributed by atoms with Gasteiger partial charge in [-0.15, -0.1) is 0 Å². The van der Waals surface area contributed by atoms with Crippen molar-refractivity contribution >= 4 is 39.5 Å². The van der Waals surface area contributed by atoms with Crippen LogP contribution in [0.4, 0.5) is 0 Å². The molecule has 0 radical (unpaired) electrons. The van der Waals surface area contributed by atoms with Gasteiger partial charge in [0.25, 0.3) is 0 Å². The summed E-state index contributed by atoms with van der Waals surface area (Å²) in [5.74, 6) is -0.653. The number of hydrogen-bond acceptors (Lipinski definition) is 2. The van der Waals surface area contributed by atoms with E-state index in [0.29, 0.717) is 6.61 Å². The third kappa shape index (κ3) is 3.27. The first-order chi connectivity index (χ1) is 13.0. The molecule has 1 aliphatic heterocycles. The summed E-state index contributed by atoms with van der Waals surface area (Å²) in [6.45, 7) is 2.54. The number of halogens is 1. The highest BCUT2D eigenvalue weighted by atomic mass is 127. The number of ether oxygens (including phenoxy) is 1. The van der Waals surface area contributed by atoms with E-state index in [4.69, 9.17) is 4.74 Å². The van der Waals surface area contributed by atoms with E-state index in [2.05, 4.69) is 64.0 Å². The molecule has 0 aliphatic carbocycles. The SMILES string of the molecule is CC(I)C1(CC(=O)O)OCC(Cc2ccccc2)c2c1[nH]c1ccccc21. The molecule has 0 fully saturated rings. The Balaban J connectivity index is 1.87. The largest absolute Gasteiger partial charge is 0.481 e. The molecule has 0 saturated heterocycles. The third-order valence-corrected chi connectivity index (χ3v) is 6.51. The van der Waals surface area contributed by atoms with Gasteiger partial charge in [-0.05, 0) is 23.6 Å². The highest BCUT2D eigenvalue weighted by Gasteiger charge is 2.48. The monoisotopic (exact) mass is 475 g/mol. The van der Waals surface area contributed by atoms with E-state index in [0.717, 1.165) is 17.6 Å². The highest BCUT2D eigenvalue weighted by molar-refractivity contribution is 14.1. The predicted molar refractivity (Wildman–Crippen MR) is 115 cm³/mol. The van der Waals surface area contributed by atoms with Gasteiger partial charge >= 0.3 is 5.97 Å². The molecular weight excluding hydrogens is 453 g/mol. The molecule has 2 heterocycles. The maximum atomic E-state index is 11.7. The van der Waals surface area contributed by atoms with Crippen molar-refractivity contribution in [2.45, 2.75) is 35.2 Å². The molecule has 0 spiro atoms. The Morgan fingerprint density at radius 2 is 1.96 bits per heavy atom. The fourth-order valence-corrected chi connectivity index (χ4v) is 4.92. The number of fused-ring (bicyclic) bond motifs is 3. The molecule has 0 bridgehead atoms.